The van der Waals surface area contributed by atoms with Crippen molar-refractivity contribution in [3.63, 3.8) is 0 Å². The molecule has 88 valence electrons. The van der Waals surface area contributed by atoms with E-state index in [4.69, 9.17) is 0 Å². The topological polar surface area (TPSA) is 26.3 Å². The van der Waals surface area contributed by atoms with E-state index in [2.05, 4.69) is 4.74 Å². The number of aryl methyl sites for hydroxylation is 2. The molecule has 0 bridgehead atoms. The van der Waals surface area contributed by atoms with Crippen molar-refractivity contribution in [2.45, 2.75) is 26.7 Å². The van der Waals surface area contributed by atoms with Crippen molar-refractivity contribution >= 4 is 5.97 Å². The summed E-state index contributed by atoms with van der Waals surface area (Å²) in [6, 6.07) is 4.13. The Balaban J connectivity index is 3.06. The molecule has 0 aliphatic rings. The van der Waals surface area contributed by atoms with Gasteiger partial charge in [-0.2, -0.15) is 8.78 Å². The van der Waals surface area contributed by atoms with E-state index in [1.807, 2.05) is 6.92 Å². The molecule has 0 unspecified atom stereocenters. The van der Waals surface area contributed by atoms with Crippen molar-refractivity contribution < 1.29 is 18.3 Å². The van der Waals surface area contributed by atoms with Crippen LogP contribution in [0, 0.1) is 13.8 Å². The van der Waals surface area contributed by atoms with Crippen LogP contribution in [0.2, 0.25) is 0 Å². The molecule has 2 nitrogen and oxygen atoms in total. The molecule has 1 aromatic carbocycles. The van der Waals surface area contributed by atoms with E-state index >= 15 is 0 Å². The van der Waals surface area contributed by atoms with Gasteiger partial charge in [-0.25, -0.2) is 4.79 Å². The highest BCUT2D eigenvalue weighted by atomic mass is 19.3. The van der Waals surface area contributed by atoms with Crippen LogP contribution in [0.15, 0.2) is 18.2 Å². The number of halogens is 2. The first kappa shape index (κ1) is 12.6. The minimum absolute atomic E-state index is 0.0563. The standard InChI is InChI=1S/C12H14F2O2/c1-4-16-11(15)12(13,14)10-6-5-8(2)9(3)7-10/h5-7H,4H2,1-3H3. The van der Waals surface area contributed by atoms with Gasteiger partial charge >= 0.3 is 11.9 Å². The van der Waals surface area contributed by atoms with Crippen LogP contribution in [0.1, 0.15) is 23.6 Å². The Morgan fingerprint density at radius 1 is 1.31 bits per heavy atom. The van der Waals surface area contributed by atoms with Crippen LogP contribution in [-0.4, -0.2) is 12.6 Å². The summed E-state index contributed by atoms with van der Waals surface area (Å²) >= 11 is 0. The second-order valence-electron chi connectivity index (χ2n) is 3.59. The van der Waals surface area contributed by atoms with Gasteiger partial charge in [0.15, 0.2) is 0 Å². The first-order valence-corrected chi connectivity index (χ1v) is 5.02. The number of esters is 1. The minimum atomic E-state index is -3.57. The molecule has 1 rings (SSSR count). The molecule has 0 fully saturated rings. The third-order valence-electron chi connectivity index (χ3n) is 2.40. The minimum Gasteiger partial charge on any atom is -0.461 e. The van der Waals surface area contributed by atoms with E-state index in [0.29, 0.717) is 0 Å². The van der Waals surface area contributed by atoms with Crippen molar-refractivity contribution in [1.82, 2.24) is 0 Å². The molecule has 16 heavy (non-hydrogen) atoms. The van der Waals surface area contributed by atoms with Crippen LogP contribution in [0.3, 0.4) is 0 Å². The summed E-state index contributed by atoms with van der Waals surface area (Å²) in [4.78, 5) is 11.1. The molecule has 1 aromatic rings. The average Bonchev–Trinajstić information content (AvgIpc) is 2.22. The van der Waals surface area contributed by atoms with Crippen molar-refractivity contribution in [1.29, 1.82) is 0 Å². The largest absolute Gasteiger partial charge is 0.461 e. The highest BCUT2D eigenvalue weighted by Crippen LogP contribution is 2.30. The van der Waals surface area contributed by atoms with Crippen molar-refractivity contribution in [3.05, 3.63) is 34.9 Å². The molecule has 0 saturated heterocycles. The first-order chi connectivity index (χ1) is 7.39. The van der Waals surface area contributed by atoms with Gasteiger partial charge in [-0.15, -0.1) is 0 Å². The Labute approximate surface area is 93.2 Å². The molecule has 0 aromatic heterocycles. The zero-order valence-corrected chi connectivity index (χ0v) is 9.51. The lowest BCUT2D eigenvalue weighted by Gasteiger charge is -2.15. The lowest BCUT2D eigenvalue weighted by molar-refractivity contribution is -0.173. The van der Waals surface area contributed by atoms with E-state index in [-0.39, 0.29) is 12.2 Å². The monoisotopic (exact) mass is 228 g/mol. The number of ether oxygens (including phenoxy) is 1. The fraction of sp³-hybridized carbons (Fsp3) is 0.417. The third kappa shape index (κ3) is 2.38. The molecule has 0 aliphatic carbocycles. The first-order valence-electron chi connectivity index (χ1n) is 5.02. The zero-order valence-electron chi connectivity index (χ0n) is 9.51. The van der Waals surface area contributed by atoms with E-state index in [0.717, 1.165) is 11.1 Å². The summed E-state index contributed by atoms with van der Waals surface area (Å²) in [7, 11) is 0. The maximum Gasteiger partial charge on any atom is 0.381 e. The number of hydrogen-bond acceptors (Lipinski definition) is 2. The van der Waals surface area contributed by atoms with Crippen LogP contribution in [0.4, 0.5) is 8.78 Å². The molecule has 0 amide bonds. The van der Waals surface area contributed by atoms with E-state index in [1.54, 1.807) is 13.0 Å². The average molecular weight is 228 g/mol. The Morgan fingerprint density at radius 3 is 2.44 bits per heavy atom. The predicted octanol–water partition coefficient (Wildman–Crippen LogP) is 2.96. The van der Waals surface area contributed by atoms with Crippen molar-refractivity contribution in [2.75, 3.05) is 6.61 Å². The molecule has 4 heteroatoms. The van der Waals surface area contributed by atoms with Gasteiger partial charge in [-0.05, 0) is 38.0 Å². The zero-order chi connectivity index (χ0) is 12.3. The van der Waals surface area contributed by atoms with Crippen LogP contribution >= 0.6 is 0 Å². The normalized spacial score (nSPS) is 11.3. The smallest absolute Gasteiger partial charge is 0.381 e. The highest BCUT2D eigenvalue weighted by Gasteiger charge is 2.42. The van der Waals surface area contributed by atoms with Crippen molar-refractivity contribution in [2.24, 2.45) is 0 Å². The number of rotatable bonds is 3. The Morgan fingerprint density at radius 2 is 1.94 bits per heavy atom. The van der Waals surface area contributed by atoms with Gasteiger partial charge in [0.2, 0.25) is 0 Å². The van der Waals surface area contributed by atoms with E-state index in [1.165, 1.54) is 19.1 Å². The molecule has 0 aliphatic heterocycles. The molecular weight excluding hydrogens is 214 g/mol. The summed E-state index contributed by atoms with van der Waals surface area (Å²) < 4.78 is 31.5. The van der Waals surface area contributed by atoms with Crippen LogP contribution < -0.4 is 0 Å². The van der Waals surface area contributed by atoms with Crippen LogP contribution in [0.25, 0.3) is 0 Å². The van der Waals surface area contributed by atoms with Crippen molar-refractivity contribution in [3.8, 4) is 0 Å². The number of benzene rings is 1. The summed E-state index contributed by atoms with van der Waals surface area (Å²) in [5.74, 6) is -5.08. The Hall–Kier alpha value is -1.45. The predicted molar refractivity (Wildman–Crippen MR) is 56.4 cm³/mol. The lowest BCUT2D eigenvalue weighted by atomic mass is 10.0. The third-order valence-corrected chi connectivity index (χ3v) is 2.40. The molecule has 0 atom stereocenters. The SMILES string of the molecule is CCOC(=O)C(F)(F)c1ccc(C)c(C)c1. The second-order valence-corrected chi connectivity index (χ2v) is 3.59. The lowest BCUT2D eigenvalue weighted by Crippen LogP contribution is -2.28. The van der Waals surface area contributed by atoms with Gasteiger partial charge in [0.05, 0.1) is 6.61 Å². The maximum absolute atomic E-state index is 13.6. The van der Waals surface area contributed by atoms with Gasteiger partial charge in [0, 0.05) is 5.56 Å². The molecule has 0 heterocycles. The fourth-order valence-corrected chi connectivity index (χ4v) is 1.28. The van der Waals surface area contributed by atoms with Gasteiger partial charge in [0.1, 0.15) is 0 Å². The van der Waals surface area contributed by atoms with Crippen LogP contribution in [0.5, 0.6) is 0 Å². The van der Waals surface area contributed by atoms with Gasteiger partial charge in [0.25, 0.3) is 0 Å². The second kappa shape index (κ2) is 4.60. The van der Waals surface area contributed by atoms with Gasteiger partial charge in [-0.3, -0.25) is 0 Å². The molecular formula is C12H14F2O2. The van der Waals surface area contributed by atoms with Crippen LogP contribution in [-0.2, 0) is 15.5 Å². The molecule has 0 radical (unpaired) electrons. The van der Waals surface area contributed by atoms with E-state index < -0.39 is 11.9 Å². The summed E-state index contributed by atoms with van der Waals surface area (Å²) in [5.41, 5.74) is 1.30. The number of alkyl halides is 2. The summed E-state index contributed by atoms with van der Waals surface area (Å²) in [6.07, 6.45) is 0. The quantitative estimate of drug-likeness (QED) is 0.743. The molecule has 0 spiro atoms. The summed E-state index contributed by atoms with van der Waals surface area (Å²) in [6.45, 7) is 4.98. The number of carbonyl (C=O) groups excluding carboxylic acids is 1. The highest BCUT2D eigenvalue weighted by molar-refractivity contribution is 5.79. The van der Waals surface area contributed by atoms with Gasteiger partial charge < -0.3 is 4.74 Å². The van der Waals surface area contributed by atoms with E-state index in [9.17, 15) is 13.6 Å². The maximum atomic E-state index is 13.6. The fourth-order valence-electron chi connectivity index (χ4n) is 1.28. The van der Waals surface area contributed by atoms with Gasteiger partial charge in [-0.1, -0.05) is 12.1 Å². The molecule has 0 N–H and O–H groups in total. The molecule has 0 saturated carbocycles. The summed E-state index contributed by atoms with van der Waals surface area (Å²) in [5, 5.41) is 0. The number of carbonyl (C=O) groups is 1. The number of hydrogen-bond donors (Lipinski definition) is 0. The Bertz CT molecular complexity index is 400. The Kier molecular flexibility index (Phi) is 3.62.